The third-order valence-corrected chi connectivity index (χ3v) is 3.41. The highest BCUT2D eigenvalue weighted by molar-refractivity contribution is 5.89. The molecular formula is C14H20N2O3. The Hall–Kier alpha value is -1.59. The number of nitrogens with one attached hydrogen (secondary N) is 2. The van der Waals surface area contributed by atoms with E-state index in [1.807, 2.05) is 0 Å². The van der Waals surface area contributed by atoms with Gasteiger partial charge >= 0.3 is 6.03 Å². The highest BCUT2D eigenvalue weighted by Crippen LogP contribution is 2.22. The van der Waals surface area contributed by atoms with E-state index >= 15 is 0 Å². The molecule has 1 aliphatic carbocycles. The van der Waals surface area contributed by atoms with Gasteiger partial charge < -0.3 is 20.5 Å². The lowest BCUT2D eigenvalue weighted by Gasteiger charge is -2.34. The molecule has 2 rings (SSSR count). The molecule has 19 heavy (non-hydrogen) atoms. The Morgan fingerprint density at radius 3 is 2.53 bits per heavy atom. The van der Waals surface area contributed by atoms with E-state index in [2.05, 4.69) is 10.6 Å². The Labute approximate surface area is 113 Å². The number of rotatable bonds is 4. The van der Waals surface area contributed by atoms with Gasteiger partial charge in [-0.1, -0.05) is 12.1 Å². The quantitative estimate of drug-likeness (QED) is 0.779. The van der Waals surface area contributed by atoms with Crippen LogP contribution in [0.15, 0.2) is 24.3 Å². The molecule has 0 bridgehead atoms. The largest absolute Gasteiger partial charge is 0.389 e. The molecule has 1 fully saturated rings. The Morgan fingerprint density at radius 1 is 1.37 bits per heavy atom. The SMILES string of the molecule is COC1CC(NC(=O)Nc2ccc(C(C)O)cc2)C1. The number of hydrogen-bond donors (Lipinski definition) is 3. The van der Waals surface area contributed by atoms with Crippen LogP contribution in [0.3, 0.4) is 0 Å². The van der Waals surface area contributed by atoms with Crippen LogP contribution in [0.4, 0.5) is 10.5 Å². The van der Waals surface area contributed by atoms with Gasteiger partial charge in [0.05, 0.1) is 12.2 Å². The maximum atomic E-state index is 11.7. The van der Waals surface area contributed by atoms with Gasteiger partial charge in [-0.05, 0) is 37.5 Å². The van der Waals surface area contributed by atoms with Crippen LogP contribution in [0.25, 0.3) is 0 Å². The maximum Gasteiger partial charge on any atom is 0.319 e. The summed E-state index contributed by atoms with van der Waals surface area (Å²) in [7, 11) is 1.69. The molecule has 1 atom stereocenters. The van der Waals surface area contributed by atoms with Gasteiger partial charge in [0.25, 0.3) is 0 Å². The lowest BCUT2D eigenvalue weighted by molar-refractivity contribution is 0.0210. The van der Waals surface area contributed by atoms with Gasteiger partial charge in [0.1, 0.15) is 0 Å². The maximum absolute atomic E-state index is 11.7. The first kappa shape index (κ1) is 13.8. The van der Waals surface area contributed by atoms with Crippen LogP contribution in [0, 0.1) is 0 Å². The molecule has 0 heterocycles. The fraction of sp³-hybridized carbons (Fsp3) is 0.500. The Balaban J connectivity index is 1.79. The van der Waals surface area contributed by atoms with E-state index in [0.29, 0.717) is 5.69 Å². The lowest BCUT2D eigenvalue weighted by atomic mass is 9.89. The first-order chi connectivity index (χ1) is 9.08. The zero-order chi connectivity index (χ0) is 13.8. The molecule has 1 aliphatic rings. The summed E-state index contributed by atoms with van der Waals surface area (Å²) in [6.45, 7) is 1.71. The second kappa shape index (κ2) is 6.04. The van der Waals surface area contributed by atoms with Gasteiger partial charge in [-0.25, -0.2) is 4.79 Å². The van der Waals surface area contributed by atoms with Crippen LogP contribution < -0.4 is 10.6 Å². The molecule has 5 nitrogen and oxygen atoms in total. The number of carbonyl (C=O) groups is 1. The lowest BCUT2D eigenvalue weighted by Crippen LogP contribution is -2.48. The van der Waals surface area contributed by atoms with Crippen LogP contribution in [0.1, 0.15) is 31.4 Å². The zero-order valence-corrected chi connectivity index (χ0v) is 11.2. The van der Waals surface area contributed by atoms with Gasteiger partial charge in [0.15, 0.2) is 0 Å². The molecule has 3 N–H and O–H groups in total. The Kier molecular flexibility index (Phi) is 4.39. The minimum Gasteiger partial charge on any atom is -0.389 e. The van der Waals surface area contributed by atoms with Crippen molar-refractivity contribution >= 4 is 11.7 Å². The monoisotopic (exact) mass is 264 g/mol. The summed E-state index contributed by atoms with van der Waals surface area (Å²) in [6, 6.07) is 7.14. The predicted octanol–water partition coefficient (Wildman–Crippen LogP) is 2.04. The second-order valence-corrected chi connectivity index (χ2v) is 4.92. The van der Waals surface area contributed by atoms with Gasteiger partial charge in [-0.15, -0.1) is 0 Å². The minimum absolute atomic E-state index is 0.196. The van der Waals surface area contributed by atoms with Crippen LogP contribution in [-0.2, 0) is 4.74 Å². The molecule has 0 radical (unpaired) electrons. The van der Waals surface area contributed by atoms with E-state index in [1.165, 1.54) is 0 Å². The van der Waals surface area contributed by atoms with Crippen molar-refractivity contribution < 1.29 is 14.6 Å². The summed E-state index contributed by atoms with van der Waals surface area (Å²) in [5.74, 6) is 0. The summed E-state index contributed by atoms with van der Waals surface area (Å²) in [5.41, 5.74) is 1.54. The van der Waals surface area contributed by atoms with E-state index < -0.39 is 6.10 Å². The minimum atomic E-state index is -0.496. The zero-order valence-electron chi connectivity index (χ0n) is 11.2. The first-order valence-corrected chi connectivity index (χ1v) is 6.47. The standard InChI is InChI=1S/C14H20N2O3/c1-9(17)10-3-5-11(6-4-10)15-14(18)16-12-7-13(8-12)19-2/h3-6,9,12-13,17H,7-8H2,1-2H3,(H2,15,16,18). The third kappa shape index (κ3) is 3.68. The van der Waals surface area contributed by atoms with Gasteiger partial charge in [-0.3, -0.25) is 0 Å². The number of benzene rings is 1. The van der Waals surface area contributed by atoms with Crippen molar-refractivity contribution in [2.24, 2.45) is 0 Å². The van der Waals surface area contributed by atoms with Crippen molar-refractivity contribution in [2.45, 2.75) is 38.0 Å². The number of urea groups is 1. The molecule has 0 spiro atoms. The Bertz CT molecular complexity index is 425. The molecule has 0 saturated heterocycles. The van der Waals surface area contributed by atoms with Crippen molar-refractivity contribution in [1.29, 1.82) is 0 Å². The summed E-state index contributed by atoms with van der Waals surface area (Å²) in [6.07, 6.45) is 1.51. The van der Waals surface area contributed by atoms with Crippen molar-refractivity contribution in [3.63, 3.8) is 0 Å². The van der Waals surface area contributed by atoms with Gasteiger partial charge in [0, 0.05) is 18.8 Å². The van der Waals surface area contributed by atoms with E-state index in [9.17, 15) is 9.90 Å². The third-order valence-electron chi connectivity index (χ3n) is 3.41. The van der Waals surface area contributed by atoms with E-state index in [0.717, 1.165) is 18.4 Å². The molecular weight excluding hydrogens is 244 g/mol. The van der Waals surface area contributed by atoms with Crippen molar-refractivity contribution in [3.8, 4) is 0 Å². The number of ether oxygens (including phenoxy) is 1. The molecule has 5 heteroatoms. The predicted molar refractivity (Wildman–Crippen MR) is 73.0 cm³/mol. The average molecular weight is 264 g/mol. The van der Waals surface area contributed by atoms with Crippen molar-refractivity contribution in [2.75, 3.05) is 12.4 Å². The number of amides is 2. The molecule has 1 saturated carbocycles. The molecule has 1 aromatic carbocycles. The van der Waals surface area contributed by atoms with Crippen LogP contribution in [-0.4, -0.2) is 30.4 Å². The topological polar surface area (TPSA) is 70.6 Å². The molecule has 104 valence electrons. The number of aliphatic hydroxyl groups excluding tert-OH is 1. The fourth-order valence-electron chi connectivity index (χ4n) is 2.07. The number of aliphatic hydroxyl groups is 1. The number of anilines is 1. The molecule has 2 amide bonds. The smallest absolute Gasteiger partial charge is 0.319 e. The number of carbonyl (C=O) groups excluding carboxylic acids is 1. The van der Waals surface area contributed by atoms with Gasteiger partial charge in [-0.2, -0.15) is 0 Å². The van der Waals surface area contributed by atoms with Crippen molar-refractivity contribution in [3.05, 3.63) is 29.8 Å². The summed E-state index contributed by atoms with van der Waals surface area (Å²) >= 11 is 0. The van der Waals surface area contributed by atoms with E-state index in [4.69, 9.17) is 4.74 Å². The molecule has 1 aromatic rings. The average Bonchev–Trinajstić information content (AvgIpc) is 2.33. The van der Waals surface area contributed by atoms with E-state index in [-0.39, 0.29) is 18.2 Å². The molecule has 1 unspecified atom stereocenters. The highest BCUT2D eigenvalue weighted by Gasteiger charge is 2.29. The van der Waals surface area contributed by atoms with Gasteiger partial charge in [0.2, 0.25) is 0 Å². The number of methoxy groups -OCH3 is 1. The van der Waals surface area contributed by atoms with Crippen LogP contribution in [0.2, 0.25) is 0 Å². The normalized spacial score (nSPS) is 23.3. The molecule has 0 aliphatic heterocycles. The number of hydrogen-bond acceptors (Lipinski definition) is 3. The summed E-state index contributed by atoms with van der Waals surface area (Å²) < 4.78 is 5.16. The van der Waals surface area contributed by atoms with E-state index in [1.54, 1.807) is 38.3 Å². The Morgan fingerprint density at radius 2 is 2.00 bits per heavy atom. The highest BCUT2D eigenvalue weighted by atomic mass is 16.5. The molecule has 0 aromatic heterocycles. The second-order valence-electron chi connectivity index (χ2n) is 4.92. The fourth-order valence-corrected chi connectivity index (χ4v) is 2.07. The van der Waals surface area contributed by atoms with Crippen LogP contribution in [0.5, 0.6) is 0 Å². The first-order valence-electron chi connectivity index (χ1n) is 6.47. The van der Waals surface area contributed by atoms with Crippen molar-refractivity contribution in [1.82, 2.24) is 5.32 Å². The van der Waals surface area contributed by atoms with Crippen LogP contribution >= 0.6 is 0 Å². The summed E-state index contributed by atoms with van der Waals surface area (Å²) in [4.78, 5) is 11.7. The summed E-state index contributed by atoms with van der Waals surface area (Å²) in [5, 5.41) is 15.0.